The van der Waals surface area contributed by atoms with Gasteiger partial charge in [-0.05, 0) is 32.2 Å². The van der Waals surface area contributed by atoms with Crippen LogP contribution in [0.15, 0.2) is 0 Å². The van der Waals surface area contributed by atoms with Crippen molar-refractivity contribution in [3.63, 3.8) is 0 Å². The zero-order chi connectivity index (χ0) is 12.4. The van der Waals surface area contributed by atoms with Crippen molar-refractivity contribution in [2.24, 2.45) is 17.6 Å². The maximum atomic E-state index is 12.3. The molecule has 0 aromatic rings. The van der Waals surface area contributed by atoms with Crippen molar-refractivity contribution in [1.82, 2.24) is 10.2 Å². The Morgan fingerprint density at radius 3 is 2.88 bits per heavy atom. The molecule has 2 heterocycles. The molecule has 2 aliphatic heterocycles. The van der Waals surface area contributed by atoms with E-state index in [1.807, 2.05) is 4.90 Å². The Balaban J connectivity index is 1.93. The van der Waals surface area contributed by atoms with Crippen molar-refractivity contribution < 1.29 is 9.59 Å². The molecule has 2 saturated heterocycles. The summed E-state index contributed by atoms with van der Waals surface area (Å²) in [6.07, 6.45) is 2.15. The van der Waals surface area contributed by atoms with E-state index in [1.165, 1.54) is 0 Å². The average molecular weight is 239 g/mol. The van der Waals surface area contributed by atoms with Gasteiger partial charge in [0.05, 0.1) is 5.92 Å². The van der Waals surface area contributed by atoms with Crippen LogP contribution in [-0.4, -0.2) is 42.4 Å². The molecule has 5 heteroatoms. The highest BCUT2D eigenvalue weighted by Crippen LogP contribution is 2.25. The number of likely N-dealkylation sites (tertiary alicyclic amines) is 1. The van der Waals surface area contributed by atoms with E-state index in [-0.39, 0.29) is 23.8 Å². The van der Waals surface area contributed by atoms with Gasteiger partial charge in [-0.25, -0.2) is 0 Å². The van der Waals surface area contributed by atoms with Crippen molar-refractivity contribution >= 4 is 11.8 Å². The first-order chi connectivity index (χ1) is 8.11. The number of hydrogen-bond donors (Lipinski definition) is 2. The van der Waals surface area contributed by atoms with Crippen LogP contribution >= 0.6 is 0 Å². The van der Waals surface area contributed by atoms with Gasteiger partial charge >= 0.3 is 0 Å². The molecule has 2 rings (SSSR count). The van der Waals surface area contributed by atoms with Crippen LogP contribution in [0.1, 0.15) is 26.2 Å². The standard InChI is InChI=1S/C12H21N3O2/c1-8-4-9(5-13)7-15(8)12(17)10-2-3-11(16)14-6-10/h8-10H,2-7,13H2,1H3,(H,14,16). The number of carbonyl (C=O) groups excluding carboxylic acids is 2. The zero-order valence-corrected chi connectivity index (χ0v) is 10.3. The van der Waals surface area contributed by atoms with Crippen LogP contribution in [0, 0.1) is 11.8 Å². The Morgan fingerprint density at radius 2 is 2.35 bits per heavy atom. The molecule has 0 aromatic carbocycles. The van der Waals surface area contributed by atoms with E-state index >= 15 is 0 Å². The van der Waals surface area contributed by atoms with Gasteiger partial charge in [0.1, 0.15) is 0 Å². The summed E-state index contributed by atoms with van der Waals surface area (Å²) in [5.41, 5.74) is 5.66. The molecule has 0 bridgehead atoms. The number of hydrogen-bond acceptors (Lipinski definition) is 3. The third kappa shape index (κ3) is 2.60. The highest BCUT2D eigenvalue weighted by Gasteiger charge is 2.36. The van der Waals surface area contributed by atoms with Crippen LogP contribution in [0.5, 0.6) is 0 Å². The fraction of sp³-hybridized carbons (Fsp3) is 0.833. The van der Waals surface area contributed by atoms with Crippen LogP contribution in [0.2, 0.25) is 0 Å². The Labute approximate surface area is 102 Å². The van der Waals surface area contributed by atoms with Gasteiger partial charge in [0, 0.05) is 25.6 Å². The lowest BCUT2D eigenvalue weighted by molar-refractivity contribution is -0.138. The minimum Gasteiger partial charge on any atom is -0.355 e. The van der Waals surface area contributed by atoms with Crippen LogP contribution < -0.4 is 11.1 Å². The van der Waals surface area contributed by atoms with E-state index in [9.17, 15) is 9.59 Å². The van der Waals surface area contributed by atoms with E-state index in [2.05, 4.69) is 12.2 Å². The van der Waals surface area contributed by atoms with E-state index < -0.39 is 0 Å². The summed E-state index contributed by atoms with van der Waals surface area (Å²) >= 11 is 0. The largest absolute Gasteiger partial charge is 0.355 e. The van der Waals surface area contributed by atoms with E-state index in [0.717, 1.165) is 13.0 Å². The van der Waals surface area contributed by atoms with Crippen molar-refractivity contribution in [1.29, 1.82) is 0 Å². The smallest absolute Gasteiger partial charge is 0.227 e. The van der Waals surface area contributed by atoms with Crippen molar-refractivity contribution in [2.45, 2.75) is 32.2 Å². The minimum atomic E-state index is -0.0355. The molecule has 2 amide bonds. The minimum absolute atomic E-state index is 0.0355. The molecular formula is C12H21N3O2. The van der Waals surface area contributed by atoms with Gasteiger partial charge in [-0.3, -0.25) is 9.59 Å². The highest BCUT2D eigenvalue weighted by atomic mass is 16.2. The maximum absolute atomic E-state index is 12.3. The summed E-state index contributed by atoms with van der Waals surface area (Å²) in [5, 5.41) is 2.77. The first kappa shape index (κ1) is 12.4. The molecule has 17 heavy (non-hydrogen) atoms. The number of piperidine rings is 1. The quantitative estimate of drug-likeness (QED) is 0.695. The molecule has 3 N–H and O–H groups in total. The zero-order valence-electron chi connectivity index (χ0n) is 10.3. The lowest BCUT2D eigenvalue weighted by Gasteiger charge is -2.29. The van der Waals surface area contributed by atoms with Crippen molar-refractivity contribution in [2.75, 3.05) is 19.6 Å². The SMILES string of the molecule is CC1CC(CN)CN1C(=O)C1CCC(=O)NC1. The summed E-state index contributed by atoms with van der Waals surface area (Å²) in [7, 11) is 0. The summed E-state index contributed by atoms with van der Waals surface area (Å²) in [5.74, 6) is 0.649. The topological polar surface area (TPSA) is 75.4 Å². The Kier molecular flexibility index (Phi) is 3.66. The summed E-state index contributed by atoms with van der Waals surface area (Å²) in [4.78, 5) is 25.3. The molecule has 96 valence electrons. The molecule has 5 nitrogen and oxygen atoms in total. The Morgan fingerprint density at radius 1 is 1.59 bits per heavy atom. The molecular weight excluding hydrogens is 218 g/mol. The highest BCUT2D eigenvalue weighted by molar-refractivity contribution is 5.84. The average Bonchev–Trinajstić information content (AvgIpc) is 2.71. The summed E-state index contributed by atoms with van der Waals surface area (Å²) in [6.45, 7) is 4.00. The van der Waals surface area contributed by atoms with E-state index in [1.54, 1.807) is 0 Å². The van der Waals surface area contributed by atoms with Gasteiger partial charge in [0.15, 0.2) is 0 Å². The third-order valence-corrected chi connectivity index (χ3v) is 3.89. The maximum Gasteiger partial charge on any atom is 0.227 e. The first-order valence-corrected chi connectivity index (χ1v) is 6.39. The van der Waals surface area contributed by atoms with Crippen molar-refractivity contribution in [3.05, 3.63) is 0 Å². The fourth-order valence-corrected chi connectivity index (χ4v) is 2.80. The van der Waals surface area contributed by atoms with Crippen LogP contribution in [0.4, 0.5) is 0 Å². The number of rotatable bonds is 2. The van der Waals surface area contributed by atoms with Gasteiger partial charge in [-0.15, -0.1) is 0 Å². The number of nitrogens with one attached hydrogen (secondary N) is 1. The molecule has 3 unspecified atom stereocenters. The van der Waals surface area contributed by atoms with Gasteiger partial charge < -0.3 is 16.0 Å². The lowest BCUT2D eigenvalue weighted by Crippen LogP contribution is -2.46. The molecule has 0 radical (unpaired) electrons. The molecule has 3 atom stereocenters. The normalized spacial score (nSPS) is 33.6. The predicted octanol–water partition coefficient (Wildman–Crippen LogP) is -0.292. The molecule has 2 fully saturated rings. The van der Waals surface area contributed by atoms with Crippen LogP contribution in [0.25, 0.3) is 0 Å². The monoisotopic (exact) mass is 239 g/mol. The summed E-state index contributed by atoms with van der Waals surface area (Å²) in [6, 6.07) is 0.286. The fourth-order valence-electron chi connectivity index (χ4n) is 2.80. The first-order valence-electron chi connectivity index (χ1n) is 6.39. The number of nitrogens with two attached hydrogens (primary N) is 1. The number of carbonyl (C=O) groups is 2. The van der Waals surface area contributed by atoms with Gasteiger partial charge in [0.2, 0.25) is 11.8 Å². The van der Waals surface area contributed by atoms with Gasteiger partial charge in [-0.2, -0.15) is 0 Å². The molecule has 2 aliphatic rings. The molecule has 0 aliphatic carbocycles. The summed E-state index contributed by atoms with van der Waals surface area (Å²) < 4.78 is 0. The van der Waals surface area contributed by atoms with Gasteiger partial charge in [-0.1, -0.05) is 0 Å². The Bertz CT molecular complexity index is 309. The van der Waals surface area contributed by atoms with Gasteiger partial charge in [0.25, 0.3) is 0 Å². The Hall–Kier alpha value is -1.10. The second kappa shape index (κ2) is 5.04. The van der Waals surface area contributed by atoms with E-state index in [4.69, 9.17) is 5.73 Å². The number of amides is 2. The second-order valence-corrected chi connectivity index (χ2v) is 5.22. The van der Waals surface area contributed by atoms with Crippen LogP contribution in [0.3, 0.4) is 0 Å². The third-order valence-electron chi connectivity index (χ3n) is 3.89. The second-order valence-electron chi connectivity index (χ2n) is 5.22. The van der Waals surface area contributed by atoms with Crippen molar-refractivity contribution in [3.8, 4) is 0 Å². The molecule has 0 saturated carbocycles. The molecule has 0 aromatic heterocycles. The molecule has 0 spiro atoms. The van der Waals surface area contributed by atoms with Crippen LogP contribution in [-0.2, 0) is 9.59 Å². The van der Waals surface area contributed by atoms with E-state index in [0.29, 0.717) is 31.8 Å². The number of nitrogens with zero attached hydrogens (tertiary/aromatic N) is 1. The lowest BCUT2D eigenvalue weighted by atomic mass is 9.97. The predicted molar refractivity (Wildman–Crippen MR) is 64.1 cm³/mol.